The van der Waals surface area contributed by atoms with Crippen LogP contribution in [0, 0.1) is 61.8 Å². The number of carboxylic acid groups (broad SMARTS) is 1. The van der Waals surface area contributed by atoms with Gasteiger partial charge in [0.15, 0.2) is 0 Å². The van der Waals surface area contributed by atoms with Gasteiger partial charge in [-0.15, -0.1) is 6.04 Å². The maximum Gasteiger partial charge on any atom is 0.309 e. The van der Waals surface area contributed by atoms with Crippen molar-refractivity contribution in [1.82, 2.24) is 0 Å². The van der Waals surface area contributed by atoms with Crippen LogP contribution in [0.5, 0.6) is 0 Å². The summed E-state index contributed by atoms with van der Waals surface area (Å²) >= 11 is 0. The van der Waals surface area contributed by atoms with Gasteiger partial charge in [0.05, 0.1) is 12.0 Å². The molecular formula is C12H23AcN2O3-. The largest absolute Gasteiger partial charge is 0.674 e. The monoisotopic (exact) mass is 470 g/mol. The maximum atomic E-state index is 11.0. The molecule has 0 aromatic carbocycles. The van der Waals surface area contributed by atoms with Gasteiger partial charge in [-0.1, -0.05) is 32.6 Å². The van der Waals surface area contributed by atoms with Crippen molar-refractivity contribution in [1.29, 1.82) is 0 Å². The second-order valence-corrected chi connectivity index (χ2v) is 5.01. The van der Waals surface area contributed by atoms with Crippen LogP contribution in [-0.4, -0.2) is 34.4 Å². The van der Waals surface area contributed by atoms with Crippen LogP contribution < -0.4 is 5.73 Å². The third-order valence-electron chi connectivity index (χ3n) is 4.12. The first-order valence-corrected chi connectivity index (χ1v) is 6.31. The van der Waals surface area contributed by atoms with Gasteiger partial charge in [0.2, 0.25) is 0 Å². The fourth-order valence-corrected chi connectivity index (χ4v) is 2.95. The molecule has 1 aliphatic carbocycles. The molecule has 6 heteroatoms. The molecule has 0 aromatic heterocycles. The van der Waals surface area contributed by atoms with Crippen LogP contribution in [0.2, 0.25) is 0 Å². The van der Waals surface area contributed by atoms with Crippen molar-refractivity contribution in [2.75, 3.05) is 0 Å². The number of hydrogen-bond donors (Lipinski definition) is 3. The van der Waals surface area contributed by atoms with Crippen molar-refractivity contribution < 1.29 is 59.1 Å². The van der Waals surface area contributed by atoms with Crippen molar-refractivity contribution in [3.8, 4) is 0 Å². The summed E-state index contributed by atoms with van der Waals surface area (Å²) in [6.07, 6.45) is 1.01. The number of nitrogens with one attached hydrogen (secondary N) is 1. The standard InChI is InChI=1S/C12H23N2O3.Ac/c1-3-6(4-2)10(14)9-8(13)5-7(11(9)15)12(16)17;/h6-11,14-15H,3-5,13H2,1-2H3,(H,16,17);/q-1;. The summed E-state index contributed by atoms with van der Waals surface area (Å²) in [6.45, 7) is 4.02. The Balaban J connectivity index is 0.00000289. The molecular weight excluding hydrogens is 447 g/mol. The van der Waals surface area contributed by atoms with Crippen LogP contribution in [0.3, 0.4) is 0 Å². The van der Waals surface area contributed by atoms with Gasteiger partial charge in [-0.2, -0.15) is 0 Å². The summed E-state index contributed by atoms with van der Waals surface area (Å²) < 4.78 is 0. The van der Waals surface area contributed by atoms with Crippen LogP contribution >= 0.6 is 0 Å². The average molecular weight is 470 g/mol. The Labute approximate surface area is 144 Å². The van der Waals surface area contributed by atoms with E-state index in [0.29, 0.717) is 0 Å². The van der Waals surface area contributed by atoms with Gasteiger partial charge in [0.25, 0.3) is 0 Å². The molecule has 0 spiro atoms. The molecule has 1 fully saturated rings. The smallest absolute Gasteiger partial charge is 0.309 e. The molecule has 1 rings (SSSR count). The Hall–Kier alpha value is 0.792. The summed E-state index contributed by atoms with van der Waals surface area (Å²) in [5, 5.41) is 19.0. The second kappa shape index (κ2) is 8.16. The summed E-state index contributed by atoms with van der Waals surface area (Å²) in [5.41, 5.74) is 14.1. The van der Waals surface area contributed by atoms with Crippen LogP contribution in [0.15, 0.2) is 0 Å². The minimum Gasteiger partial charge on any atom is -0.674 e. The molecule has 103 valence electrons. The van der Waals surface area contributed by atoms with Crippen LogP contribution in [0.25, 0.3) is 5.73 Å². The molecule has 5 nitrogen and oxygen atoms in total. The molecule has 18 heavy (non-hydrogen) atoms. The first kappa shape index (κ1) is 18.8. The maximum absolute atomic E-state index is 11.0. The SMILES string of the molecule is CCC(CC)C([NH-])C1C(N)CC(C(=O)O)C1O.[Ac]. The van der Waals surface area contributed by atoms with E-state index in [1.807, 2.05) is 13.8 Å². The number of aliphatic hydroxyl groups excluding tert-OH is 1. The molecule has 5 atom stereocenters. The summed E-state index contributed by atoms with van der Waals surface area (Å²) in [5.74, 6) is -2.06. The quantitative estimate of drug-likeness (QED) is 0.562. The molecule has 1 aliphatic rings. The fraction of sp³-hybridized carbons (Fsp3) is 0.917. The Morgan fingerprint density at radius 1 is 1.44 bits per heavy atom. The topological polar surface area (TPSA) is 107 Å². The van der Waals surface area contributed by atoms with Gasteiger partial charge >= 0.3 is 5.97 Å². The zero-order chi connectivity index (χ0) is 13.2. The Morgan fingerprint density at radius 2 is 1.94 bits per heavy atom. The number of carbonyl (C=O) groups is 1. The van der Waals surface area contributed by atoms with Crippen molar-refractivity contribution in [2.45, 2.75) is 51.3 Å². The first-order valence-electron chi connectivity index (χ1n) is 6.31. The summed E-state index contributed by atoms with van der Waals surface area (Å²) in [4.78, 5) is 11.0. The van der Waals surface area contributed by atoms with Gasteiger partial charge in [-0.25, -0.2) is 0 Å². The first-order chi connectivity index (χ1) is 7.93. The Bertz CT molecular complexity index is 274. The molecule has 1 radical (unpaired) electrons. The number of aliphatic hydroxyl groups is 1. The number of carboxylic acids is 1. The minimum absolute atomic E-state index is 0. The minimum atomic E-state index is -1.01. The van der Waals surface area contributed by atoms with E-state index in [9.17, 15) is 9.90 Å². The average Bonchev–Trinajstić information content (AvgIpc) is 2.56. The van der Waals surface area contributed by atoms with Crippen molar-refractivity contribution >= 4 is 5.97 Å². The van der Waals surface area contributed by atoms with E-state index in [1.165, 1.54) is 0 Å². The predicted molar refractivity (Wildman–Crippen MR) is 65.4 cm³/mol. The van der Waals surface area contributed by atoms with Crippen molar-refractivity contribution in [3.05, 3.63) is 5.73 Å². The van der Waals surface area contributed by atoms with Crippen molar-refractivity contribution in [2.24, 2.45) is 23.5 Å². The zero-order valence-electron chi connectivity index (χ0n) is 11.0. The van der Waals surface area contributed by atoms with Crippen molar-refractivity contribution in [3.63, 3.8) is 0 Å². The van der Waals surface area contributed by atoms with E-state index in [-0.39, 0.29) is 62.4 Å². The molecule has 0 bridgehead atoms. The predicted octanol–water partition coefficient (Wildman–Crippen LogP) is 1.25. The van der Waals surface area contributed by atoms with Crippen LogP contribution in [-0.2, 0) is 4.79 Å². The molecule has 1 saturated carbocycles. The molecule has 5 N–H and O–H groups in total. The van der Waals surface area contributed by atoms with Gasteiger partial charge in [-0.05, 0) is 12.3 Å². The van der Waals surface area contributed by atoms with Crippen LogP contribution in [0.1, 0.15) is 33.1 Å². The molecule has 0 heterocycles. The number of aliphatic carboxylic acids is 1. The Kier molecular flexibility index (Phi) is 8.52. The molecule has 0 amide bonds. The molecule has 5 unspecified atom stereocenters. The second-order valence-electron chi connectivity index (χ2n) is 5.01. The normalized spacial score (nSPS) is 33.2. The van der Waals surface area contributed by atoms with Gasteiger partial charge < -0.3 is 21.7 Å². The third-order valence-corrected chi connectivity index (χ3v) is 4.12. The van der Waals surface area contributed by atoms with Gasteiger partial charge in [-0.3, -0.25) is 4.79 Å². The van der Waals surface area contributed by atoms with E-state index in [0.717, 1.165) is 12.8 Å². The van der Waals surface area contributed by atoms with E-state index < -0.39 is 30.0 Å². The Morgan fingerprint density at radius 3 is 2.28 bits per heavy atom. The van der Waals surface area contributed by atoms with E-state index >= 15 is 0 Å². The van der Waals surface area contributed by atoms with Gasteiger partial charge in [0.1, 0.15) is 0 Å². The fourth-order valence-electron chi connectivity index (χ4n) is 2.95. The molecule has 0 saturated heterocycles. The summed E-state index contributed by atoms with van der Waals surface area (Å²) in [6, 6.07) is -0.853. The zero-order valence-corrected chi connectivity index (χ0v) is 15.8. The molecule has 0 aromatic rings. The summed E-state index contributed by atoms with van der Waals surface area (Å²) in [7, 11) is 0. The van der Waals surface area contributed by atoms with E-state index in [4.69, 9.17) is 16.6 Å². The third kappa shape index (κ3) is 3.89. The van der Waals surface area contributed by atoms with E-state index in [1.54, 1.807) is 0 Å². The number of nitrogens with two attached hydrogens (primary N) is 1. The van der Waals surface area contributed by atoms with Gasteiger partial charge in [0, 0.05) is 50.1 Å². The van der Waals surface area contributed by atoms with Crippen LogP contribution in [0.4, 0.5) is 0 Å². The number of rotatable bonds is 5. The molecule has 0 aliphatic heterocycles. The van der Waals surface area contributed by atoms with E-state index in [2.05, 4.69) is 0 Å². The number of hydrogen-bond acceptors (Lipinski definition) is 3.